The minimum absolute atomic E-state index is 0.0227. The van der Waals surface area contributed by atoms with Crippen molar-refractivity contribution in [3.8, 4) is 0 Å². The number of hydrogen-bond acceptors (Lipinski definition) is 5. The molecule has 1 atom stereocenters. The number of oxazole rings is 1. The first-order chi connectivity index (χ1) is 12.9. The Labute approximate surface area is 161 Å². The fourth-order valence-electron chi connectivity index (χ4n) is 2.54. The first-order valence-corrected chi connectivity index (χ1v) is 9.44. The Balaban J connectivity index is 1.55. The van der Waals surface area contributed by atoms with Crippen LogP contribution in [0.1, 0.15) is 12.5 Å². The first kappa shape index (κ1) is 19.0. The summed E-state index contributed by atoms with van der Waals surface area (Å²) < 4.78 is 5.64. The van der Waals surface area contributed by atoms with Gasteiger partial charge in [0.15, 0.2) is 5.58 Å². The number of anilines is 1. The average molecular weight is 383 g/mol. The van der Waals surface area contributed by atoms with Crippen molar-refractivity contribution in [1.29, 1.82) is 0 Å². The number of amides is 2. The van der Waals surface area contributed by atoms with Crippen molar-refractivity contribution in [2.45, 2.75) is 24.3 Å². The van der Waals surface area contributed by atoms with Crippen LogP contribution in [0.3, 0.4) is 0 Å². The smallest absolute Gasteiger partial charge is 0.257 e. The third kappa shape index (κ3) is 4.89. The number of aryl methyl sites for hydroxylation is 1. The summed E-state index contributed by atoms with van der Waals surface area (Å²) in [6.07, 6.45) is 0. The number of carbonyl (C=O) groups excluding carboxylic acids is 2. The van der Waals surface area contributed by atoms with Gasteiger partial charge in [0, 0.05) is 12.7 Å². The number of nitrogens with zero attached hydrogens (tertiary/aromatic N) is 2. The van der Waals surface area contributed by atoms with Crippen molar-refractivity contribution in [2.75, 3.05) is 18.9 Å². The second-order valence-electron chi connectivity index (χ2n) is 6.32. The highest BCUT2D eigenvalue weighted by Gasteiger charge is 2.22. The lowest BCUT2D eigenvalue weighted by atomic mass is 10.2. The van der Waals surface area contributed by atoms with Gasteiger partial charge in [-0.2, -0.15) is 0 Å². The molecule has 6 nitrogen and oxygen atoms in total. The van der Waals surface area contributed by atoms with Crippen LogP contribution in [-0.2, 0) is 9.59 Å². The van der Waals surface area contributed by atoms with E-state index in [2.05, 4.69) is 10.3 Å². The predicted octanol–water partition coefficient (Wildman–Crippen LogP) is 3.71. The number of fused-ring (bicyclic) bond motifs is 1. The monoisotopic (exact) mass is 383 g/mol. The third-order valence-corrected chi connectivity index (χ3v) is 4.92. The Morgan fingerprint density at radius 3 is 2.59 bits per heavy atom. The molecular formula is C20H21N3O3S. The molecule has 3 aromatic rings. The molecule has 140 valence electrons. The first-order valence-electron chi connectivity index (χ1n) is 8.56. The number of nitrogens with one attached hydrogen (secondary N) is 1. The van der Waals surface area contributed by atoms with E-state index in [1.807, 2.05) is 55.5 Å². The van der Waals surface area contributed by atoms with Crippen molar-refractivity contribution in [1.82, 2.24) is 9.88 Å². The van der Waals surface area contributed by atoms with Gasteiger partial charge in [0.05, 0.1) is 11.8 Å². The molecule has 0 aliphatic rings. The molecule has 2 aromatic carbocycles. The normalized spacial score (nSPS) is 12.0. The maximum Gasteiger partial charge on any atom is 0.257 e. The van der Waals surface area contributed by atoms with Crippen molar-refractivity contribution in [3.63, 3.8) is 0 Å². The van der Waals surface area contributed by atoms with Crippen molar-refractivity contribution < 1.29 is 14.0 Å². The zero-order valence-electron chi connectivity index (χ0n) is 15.4. The lowest BCUT2D eigenvalue weighted by molar-refractivity contribution is -0.132. The van der Waals surface area contributed by atoms with E-state index in [0.717, 1.165) is 11.1 Å². The standard InChI is InChI=1S/C20H21N3O3S/c1-13-8-10-15(11-9-13)21-18(24)12-23(3)19(25)14(2)27-20-22-16-6-4-5-7-17(16)26-20/h4-11,14H,12H2,1-3H3,(H,21,24)/t14-/m1/s1. The van der Waals surface area contributed by atoms with Crippen LogP contribution >= 0.6 is 11.8 Å². The molecule has 7 heteroatoms. The molecule has 0 spiro atoms. The van der Waals surface area contributed by atoms with Crippen LogP contribution in [0, 0.1) is 6.92 Å². The Kier molecular flexibility index (Phi) is 5.81. The molecule has 0 unspecified atom stereocenters. The molecule has 0 saturated heterocycles. The lowest BCUT2D eigenvalue weighted by Gasteiger charge is -2.20. The molecule has 1 heterocycles. The van der Waals surface area contributed by atoms with Gasteiger partial charge in [-0.1, -0.05) is 41.6 Å². The van der Waals surface area contributed by atoms with E-state index in [1.54, 1.807) is 14.0 Å². The van der Waals surface area contributed by atoms with Gasteiger partial charge in [-0.05, 0) is 38.1 Å². The predicted molar refractivity (Wildman–Crippen MR) is 107 cm³/mol. The zero-order valence-corrected chi connectivity index (χ0v) is 16.2. The Morgan fingerprint density at radius 2 is 1.89 bits per heavy atom. The van der Waals surface area contributed by atoms with Crippen LogP contribution in [0.25, 0.3) is 11.1 Å². The van der Waals surface area contributed by atoms with Gasteiger partial charge >= 0.3 is 0 Å². The second-order valence-corrected chi connectivity index (χ2v) is 7.61. The van der Waals surface area contributed by atoms with Gasteiger partial charge in [0.1, 0.15) is 5.52 Å². The number of thioether (sulfide) groups is 1. The molecule has 0 aliphatic heterocycles. The molecule has 0 radical (unpaired) electrons. The maximum absolute atomic E-state index is 12.6. The van der Waals surface area contributed by atoms with Crippen LogP contribution in [0.2, 0.25) is 0 Å². The molecule has 0 saturated carbocycles. The summed E-state index contributed by atoms with van der Waals surface area (Å²) in [6.45, 7) is 3.73. The van der Waals surface area contributed by atoms with Gasteiger partial charge in [0.2, 0.25) is 11.8 Å². The summed E-state index contributed by atoms with van der Waals surface area (Å²) in [5.74, 6) is -0.407. The number of hydrogen-bond donors (Lipinski definition) is 1. The molecule has 0 aliphatic carbocycles. The molecule has 3 rings (SSSR count). The summed E-state index contributed by atoms with van der Waals surface area (Å²) in [7, 11) is 1.61. The van der Waals surface area contributed by atoms with Crippen LogP contribution in [0.15, 0.2) is 58.2 Å². The van der Waals surface area contributed by atoms with E-state index in [9.17, 15) is 9.59 Å². The molecule has 2 amide bonds. The van der Waals surface area contributed by atoms with Gasteiger partial charge in [-0.15, -0.1) is 0 Å². The molecule has 1 aromatic heterocycles. The Bertz CT molecular complexity index is 920. The summed E-state index contributed by atoms with van der Waals surface area (Å²) >= 11 is 1.24. The molecule has 1 N–H and O–H groups in total. The van der Waals surface area contributed by atoms with Gasteiger partial charge < -0.3 is 14.6 Å². The summed E-state index contributed by atoms with van der Waals surface area (Å²) in [5, 5.41) is 2.81. The van der Waals surface area contributed by atoms with E-state index in [0.29, 0.717) is 16.5 Å². The molecule has 0 bridgehead atoms. The fourth-order valence-corrected chi connectivity index (χ4v) is 3.42. The number of aromatic nitrogens is 1. The third-order valence-electron chi connectivity index (χ3n) is 3.99. The number of para-hydroxylation sites is 2. The number of benzene rings is 2. The Hall–Kier alpha value is -2.80. The minimum Gasteiger partial charge on any atom is -0.431 e. The molecule has 27 heavy (non-hydrogen) atoms. The highest BCUT2D eigenvalue weighted by atomic mass is 32.2. The van der Waals surface area contributed by atoms with E-state index < -0.39 is 5.25 Å². The van der Waals surface area contributed by atoms with Crippen molar-refractivity contribution in [3.05, 3.63) is 54.1 Å². The average Bonchev–Trinajstić information content (AvgIpc) is 3.05. The van der Waals surface area contributed by atoms with E-state index in [4.69, 9.17) is 4.42 Å². The van der Waals surface area contributed by atoms with Crippen LogP contribution in [0.4, 0.5) is 5.69 Å². The maximum atomic E-state index is 12.6. The van der Waals surface area contributed by atoms with Crippen molar-refractivity contribution >= 4 is 40.4 Å². The highest BCUT2D eigenvalue weighted by molar-refractivity contribution is 8.00. The topological polar surface area (TPSA) is 75.4 Å². The zero-order chi connectivity index (χ0) is 19.4. The highest BCUT2D eigenvalue weighted by Crippen LogP contribution is 2.27. The number of likely N-dealkylation sites (N-methyl/N-ethyl adjacent to an activating group) is 1. The summed E-state index contributed by atoms with van der Waals surface area (Å²) in [6, 6.07) is 15.0. The lowest BCUT2D eigenvalue weighted by Crippen LogP contribution is -2.38. The Morgan fingerprint density at radius 1 is 1.19 bits per heavy atom. The van der Waals surface area contributed by atoms with Crippen LogP contribution < -0.4 is 5.32 Å². The van der Waals surface area contributed by atoms with Crippen LogP contribution in [-0.4, -0.2) is 40.5 Å². The summed E-state index contributed by atoms with van der Waals surface area (Å²) in [4.78, 5) is 30.5. The van der Waals surface area contributed by atoms with Gasteiger partial charge in [-0.3, -0.25) is 9.59 Å². The van der Waals surface area contributed by atoms with E-state index in [1.165, 1.54) is 16.7 Å². The number of rotatable bonds is 6. The molecular weight excluding hydrogens is 362 g/mol. The largest absolute Gasteiger partial charge is 0.431 e. The van der Waals surface area contributed by atoms with Crippen molar-refractivity contribution in [2.24, 2.45) is 0 Å². The summed E-state index contributed by atoms with van der Waals surface area (Å²) in [5.41, 5.74) is 3.27. The van der Waals surface area contributed by atoms with Gasteiger partial charge in [-0.25, -0.2) is 4.98 Å². The fraction of sp³-hybridized carbons (Fsp3) is 0.250. The van der Waals surface area contributed by atoms with Gasteiger partial charge in [0.25, 0.3) is 5.22 Å². The SMILES string of the molecule is Cc1ccc(NC(=O)CN(C)C(=O)[C@@H](C)Sc2nc3ccccc3o2)cc1. The van der Waals surface area contributed by atoms with Crippen LogP contribution in [0.5, 0.6) is 0 Å². The number of carbonyl (C=O) groups is 2. The van der Waals surface area contributed by atoms with E-state index in [-0.39, 0.29) is 18.4 Å². The quantitative estimate of drug-likeness (QED) is 0.657. The molecule has 0 fully saturated rings. The second kappa shape index (κ2) is 8.26. The minimum atomic E-state index is -0.421. The van der Waals surface area contributed by atoms with E-state index >= 15 is 0 Å².